The number of benzene rings is 3. The number of hydrogen-bond donors (Lipinski definition) is 1. The van der Waals surface area contributed by atoms with Crippen LogP contribution in [-0.2, 0) is 36.6 Å². The van der Waals surface area contributed by atoms with Crippen molar-refractivity contribution in [2.24, 2.45) is 4.99 Å². The van der Waals surface area contributed by atoms with Crippen LogP contribution in [0.15, 0.2) is 90.1 Å². The molecule has 63 heavy (non-hydrogen) atoms. The van der Waals surface area contributed by atoms with Crippen molar-refractivity contribution in [2.75, 3.05) is 58.1 Å². The van der Waals surface area contributed by atoms with Crippen LogP contribution in [0, 0.1) is 20.8 Å². The summed E-state index contributed by atoms with van der Waals surface area (Å²) >= 11 is 7.93. The van der Waals surface area contributed by atoms with Gasteiger partial charge < -0.3 is 29.0 Å². The topological polar surface area (TPSA) is 148 Å². The second-order valence-corrected chi connectivity index (χ2v) is 16.6. The van der Waals surface area contributed by atoms with E-state index in [1.54, 1.807) is 17.5 Å². The summed E-state index contributed by atoms with van der Waals surface area (Å²) in [6, 6.07) is 24.4. The molecule has 13 nitrogen and oxygen atoms in total. The first-order valence-corrected chi connectivity index (χ1v) is 21.8. The normalized spacial score (nSPS) is 13.9. The van der Waals surface area contributed by atoms with Gasteiger partial charge in [0.2, 0.25) is 0 Å². The SMILES string of the molecule is Cc1sc2c(c1C)C(c1ccc(Cl)cc1)=N[C@@H](CC(=O)Cc1ccc(OCCOCCOCCOCCNc3ccc(-c4ccc5c(c4)OC(=O)C5)cn3)cc1)c1nnc(C)n1-2.S. The number of aromatic nitrogens is 4. The van der Waals surface area contributed by atoms with Crippen LogP contribution < -0.4 is 14.8 Å². The van der Waals surface area contributed by atoms with Gasteiger partial charge in [0.15, 0.2) is 5.82 Å². The molecule has 0 unspecified atom stereocenters. The largest absolute Gasteiger partial charge is 0.491 e. The number of anilines is 1. The third-order valence-corrected chi connectivity index (χ3v) is 12.1. The zero-order valence-corrected chi connectivity index (χ0v) is 37.9. The van der Waals surface area contributed by atoms with Gasteiger partial charge in [-0.15, -0.1) is 21.5 Å². The van der Waals surface area contributed by atoms with E-state index in [9.17, 15) is 9.59 Å². The van der Waals surface area contributed by atoms with Gasteiger partial charge in [0.05, 0.1) is 51.8 Å². The summed E-state index contributed by atoms with van der Waals surface area (Å²) in [5.74, 6) is 3.32. The monoisotopic (exact) mass is 908 g/mol. The fourth-order valence-corrected chi connectivity index (χ4v) is 8.66. The molecule has 0 radical (unpaired) electrons. The summed E-state index contributed by atoms with van der Waals surface area (Å²) in [6.07, 6.45) is 2.55. The first kappa shape index (κ1) is 45.6. The Bertz CT molecular complexity index is 2560. The van der Waals surface area contributed by atoms with E-state index in [0.29, 0.717) is 81.6 Å². The molecule has 3 aromatic carbocycles. The maximum Gasteiger partial charge on any atom is 0.315 e. The minimum atomic E-state index is -0.507. The Morgan fingerprint density at radius 1 is 0.857 bits per heavy atom. The van der Waals surface area contributed by atoms with Gasteiger partial charge in [-0.1, -0.05) is 48.0 Å². The number of nitrogens with zero attached hydrogens (tertiary/aromatic N) is 5. The van der Waals surface area contributed by atoms with Crippen LogP contribution in [0.2, 0.25) is 5.02 Å². The Labute approximate surface area is 382 Å². The summed E-state index contributed by atoms with van der Waals surface area (Å²) in [5.41, 5.74) is 7.64. The Balaban J connectivity index is 0.00000595. The first-order valence-electron chi connectivity index (χ1n) is 20.6. The molecule has 1 N–H and O–H groups in total. The van der Waals surface area contributed by atoms with E-state index in [1.165, 1.54) is 4.88 Å². The summed E-state index contributed by atoms with van der Waals surface area (Å²) in [5, 5.41) is 13.8. The van der Waals surface area contributed by atoms with Crippen LogP contribution >= 0.6 is 36.4 Å². The number of carbonyl (C=O) groups is 2. The fourth-order valence-electron chi connectivity index (χ4n) is 7.32. The molecule has 0 bridgehead atoms. The molecule has 16 heteroatoms. The zero-order chi connectivity index (χ0) is 43.0. The molecule has 0 saturated carbocycles. The number of fused-ring (bicyclic) bond motifs is 4. The highest BCUT2D eigenvalue weighted by Crippen LogP contribution is 2.40. The maximum absolute atomic E-state index is 13.6. The van der Waals surface area contributed by atoms with Gasteiger partial charge in [0.25, 0.3) is 0 Å². The minimum absolute atomic E-state index is 0. The lowest BCUT2D eigenvalue weighted by Crippen LogP contribution is -2.15. The molecule has 0 saturated heterocycles. The van der Waals surface area contributed by atoms with Crippen LogP contribution in [0.25, 0.3) is 16.1 Å². The number of rotatable bonds is 20. The van der Waals surface area contributed by atoms with Crippen LogP contribution in [0.3, 0.4) is 0 Å². The lowest BCUT2D eigenvalue weighted by atomic mass is 9.99. The predicted molar refractivity (Wildman–Crippen MR) is 249 cm³/mol. The minimum Gasteiger partial charge on any atom is -0.491 e. The molecule has 0 spiro atoms. The molecule has 6 aromatic rings. The molecule has 2 aliphatic heterocycles. The van der Waals surface area contributed by atoms with Crippen molar-refractivity contribution in [3.8, 4) is 27.6 Å². The number of Topliss-reactive ketones (excluding diaryl/α,β-unsaturated/α-hetero) is 1. The Morgan fingerprint density at radius 2 is 1.56 bits per heavy atom. The average molecular weight is 910 g/mol. The Morgan fingerprint density at radius 3 is 2.29 bits per heavy atom. The fraction of sp³-hybridized carbons (Fsp3) is 0.319. The summed E-state index contributed by atoms with van der Waals surface area (Å²) in [7, 11) is 0. The number of ketones is 1. The van der Waals surface area contributed by atoms with Crippen LogP contribution in [0.1, 0.15) is 56.8 Å². The summed E-state index contributed by atoms with van der Waals surface area (Å²) in [6.45, 7) is 9.91. The molecule has 2 aliphatic rings. The van der Waals surface area contributed by atoms with E-state index < -0.39 is 6.04 Å². The van der Waals surface area contributed by atoms with Crippen molar-refractivity contribution in [1.29, 1.82) is 0 Å². The van der Waals surface area contributed by atoms with Crippen molar-refractivity contribution in [3.05, 3.63) is 134 Å². The van der Waals surface area contributed by atoms with Gasteiger partial charge in [0, 0.05) is 57.7 Å². The number of nitrogens with one attached hydrogen (secondary N) is 1. The molecule has 0 amide bonds. The molecule has 0 aliphatic carbocycles. The van der Waals surface area contributed by atoms with Gasteiger partial charge in [-0.3, -0.25) is 19.1 Å². The molecular weight excluding hydrogens is 860 g/mol. The number of esters is 1. The molecule has 8 rings (SSSR count). The second-order valence-electron chi connectivity index (χ2n) is 15.0. The molecule has 5 heterocycles. The van der Waals surface area contributed by atoms with Crippen LogP contribution in [0.4, 0.5) is 5.82 Å². The number of aryl methyl sites for hydroxylation is 2. The van der Waals surface area contributed by atoms with Crippen LogP contribution in [-0.4, -0.2) is 90.0 Å². The van der Waals surface area contributed by atoms with Gasteiger partial charge in [0.1, 0.15) is 46.6 Å². The number of pyridine rings is 1. The highest BCUT2D eigenvalue weighted by molar-refractivity contribution is 7.59. The van der Waals surface area contributed by atoms with Crippen molar-refractivity contribution in [2.45, 2.75) is 46.1 Å². The highest BCUT2D eigenvalue weighted by atomic mass is 35.5. The smallest absolute Gasteiger partial charge is 0.315 e. The Kier molecular flexibility index (Phi) is 15.4. The quantitative estimate of drug-likeness (QED) is 0.0449. The highest BCUT2D eigenvalue weighted by Gasteiger charge is 2.32. The van der Waals surface area contributed by atoms with E-state index in [2.05, 4.69) is 38.9 Å². The standard InChI is InChI=1S/C47H47ClN6O7S.H2S/c1-29-30(2)62-47-44(29)45(33-8-11-37(48)12-9-33)51-40(46-53-52-31(3)54(46)47)27-38(55)24-32-4-13-39(14-5-32)60-23-22-59-21-20-58-19-18-57-17-16-49-42-15-10-36(28-50-42)34-6-7-35-26-43(56)61-41(35)25-34;/h4-15,25,28,40H,16-24,26-27H2,1-3H3,(H,49,50);1H2/t40-;/m0./s1. The number of ether oxygens (including phenoxy) is 5. The third kappa shape index (κ3) is 11.2. The van der Waals surface area contributed by atoms with Crippen LogP contribution in [0.5, 0.6) is 11.5 Å². The maximum atomic E-state index is 13.6. The van der Waals surface area contributed by atoms with Crippen molar-refractivity contribution < 1.29 is 33.3 Å². The van der Waals surface area contributed by atoms with E-state index in [0.717, 1.165) is 61.3 Å². The van der Waals surface area contributed by atoms with E-state index >= 15 is 0 Å². The average Bonchev–Trinajstić information content (AvgIpc) is 3.91. The van der Waals surface area contributed by atoms with Gasteiger partial charge in [-0.2, -0.15) is 13.5 Å². The first-order chi connectivity index (χ1) is 30.2. The lowest BCUT2D eigenvalue weighted by Gasteiger charge is -2.13. The second kappa shape index (κ2) is 21.3. The zero-order valence-electron chi connectivity index (χ0n) is 35.3. The van der Waals surface area contributed by atoms with Crippen molar-refractivity contribution in [3.63, 3.8) is 0 Å². The van der Waals surface area contributed by atoms with E-state index in [4.69, 9.17) is 40.3 Å². The number of carbonyl (C=O) groups excluding carboxylic acids is 2. The molecule has 3 aromatic heterocycles. The number of thiophene rings is 1. The molecule has 328 valence electrons. The van der Waals surface area contributed by atoms with E-state index in [1.807, 2.05) is 85.8 Å². The molecular formula is C47H49ClN6O7S2. The molecule has 1 atom stereocenters. The van der Waals surface area contributed by atoms with Gasteiger partial charge in [-0.05, 0) is 79.9 Å². The summed E-state index contributed by atoms with van der Waals surface area (Å²) in [4.78, 5) is 36.0. The lowest BCUT2D eigenvalue weighted by molar-refractivity contribution is -0.131. The number of halogens is 1. The van der Waals surface area contributed by atoms with Gasteiger partial charge >= 0.3 is 5.97 Å². The van der Waals surface area contributed by atoms with Gasteiger partial charge in [-0.25, -0.2) is 4.98 Å². The third-order valence-electron chi connectivity index (χ3n) is 10.6. The van der Waals surface area contributed by atoms with Crippen molar-refractivity contribution in [1.82, 2.24) is 19.7 Å². The summed E-state index contributed by atoms with van der Waals surface area (Å²) < 4.78 is 30.1. The van der Waals surface area contributed by atoms with E-state index in [-0.39, 0.29) is 38.1 Å². The number of aliphatic imine (C=N–C) groups is 1. The van der Waals surface area contributed by atoms with Crippen molar-refractivity contribution >= 4 is 59.7 Å². The Hall–Kier alpha value is -5.42. The number of hydrogen-bond acceptors (Lipinski definition) is 13. The molecule has 0 fully saturated rings. The predicted octanol–water partition coefficient (Wildman–Crippen LogP) is 8.18.